The summed E-state index contributed by atoms with van der Waals surface area (Å²) in [5, 5.41) is 7.91. The van der Waals surface area contributed by atoms with E-state index in [0.29, 0.717) is 22.6 Å². The van der Waals surface area contributed by atoms with Crippen LogP contribution in [0.5, 0.6) is 11.5 Å². The molecule has 0 fully saturated rings. The number of hydrazone groups is 1. The Kier molecular flexibility index (Phi) is 7.13. The van der Waals surface area contributed by atoms with E-state index >= 15 is 0 Å². The molecule has 0 spiro atoms. The molecule has 1 atom stereocenters. The summed E-state index contributed by atoms with van der Waals surface area (Å²) in [6.07, 6.45) is 0.701. The highest BCUT2D eigenvalue weighted by molar-refractivity contribution is 6.04. The van der Waals surface area contributed by atoms with Crippen molar-refractivity contribution in [1.82, 2.24) is 5.43 Å². The number of carbonyl (C=O) groups excluding carboxylic acids is 2. The molecular formula is C32H26N2O4. The fourth-order valence-electron chi connectivity index (χ4n) is 4.14. The molecule has 0 aliphatic carbocycles. The van der Waals surface area contributed by atoms with Crippen molar-refractivity contribution in [2.45, 2.75) is 20.0 Å². The maximum Gasteiger partial charge on any atom is 0.343 e. The number of carbonyl (C=O) groups is 2. The Morgan fingerprint density at radius 3 is 2.18 bits per heavy atom. The molecule has 0 saturated heterocycles. The first kappa shape index (κ1) is 24.7. The summed E-state index contributed by atoms with van der Waals surface area (Å²) in [5.41, 5.74) is 4.62. The number of hydrogen-bond donors (Lipinski definition) is 1. The second-order valence-electron chi connectivity index (χ2n) is 8.93. The van der Waals surface area contributed by atoms with E-state index in [2.05, 4.69) is 10.5 Å². The van der Waals surface area contributed by atoms with Gasteiger partial charge in [-0.3, -0.25) is 4.79 Å². The van der Waals surface area contributed by atoms with E-state index < -0.39 is 18.0 Å². The Morgan fingerprint density at radius 1 is 0.763 bits per heavy atom. The Labute approximate surface area is 220 Å². The summed E-state index contributed by atoms with van der Waals surface area (Å²) < 4.78 is 11.7. The Balaban J connectivity index is 1.35. The summed E-state index contributed by atoms with van der Waals surface area (Å²) in [5.74, 6) is 0.0742. The zero-order valence-corrected chi connectivity index (χ0v) is 21.0. The second kappa shape index (κ2) is 11.0. The van der Waals surface area contributed by atoms with Gasteiger partial charge in [0.25, 0.3) is 5.91 Å². The molecule has 0 heterocycles. The molecule has 1 amide bonds. The lowest BCUT2D eigenvalue weighted by atomic mass is 10.0. The highest BCUT2D eigenvalue weighted by atomic mass is 16.5. The molecule has 0 aliphatic heterocycles. The molecule has 5 aromatic carbocycles. The largest absolute Gasteiger partial charge is 0.480 e. The molecule has 0 bridgehead atoms. The van der Waals surface area contributed by atoms with Crippen LogP contribution in [0.1, 0.15) is 28.4 Å². The smallest absolute Gasteiger partial charge is 0.343 e. The molecule has 38 heavy (non-hydrogen) atoms. The number of fused-ring (bicyclic) bond motifs is 2. The number of nitrogens with zero attached hydrogens (tertiary/aromatic N) is 1. The average molecular weight is 503 g/mol. The first-order valence-corrected chi connectivity index (χ1v) is 12.3. The third-order valence-corrected chi connectivity index (χ3v) is 6.21. The molecule has 0 aliphatic rings. The van der Waals surface area contributed by atoms with Gasteiger partial charge in [-0.1, -0.05) is 84.4 Å². The van der Waals surface area contributed by atoms with Crippen LogP contribution in [-0.4, -0.2) is 24.2 Å². The summed E-state index contributed by atoms with van der Waals surface area (Å²) in [4.78, 5) is 25.6. The SMILES string of the molecule is Cc1ccc(C(=O)Oc2ccc3ccccc3c2C=NNC(=O)C(C)Oc2cccc3ccccc23)cc1. The third-order valence-electron chi connectivity index (χ3n) is 6.21. The van der Waals surface area contributed by atoms with Gasteiger partial charge in [-0.15, -0.1) is 0 Å². The highest BCUT2D eigenvalue weighted by Gasteiger charge is 2.16. The lowest BCUT2D eigenvalue weighted by molar-refractivity contribution is -0.127. The zero-order chi connectivity index (χ0) is 26.5. The van der Waals surface area contributed by atoms with E-state index in [1.165, 1.54) is 6.21 Å². The van der Waals surface area contributed by atoms with Crippen LogP contribution in [0.25, 0.3) is 21.5 Å². The van der Waals surface area contributed by atoms with Gasteiger partial charge >= 0.3 is 5.97 Å². The van der Waals surface area contributed by atoms with Crippen molar-refractivity contribution in [3.05, 3.63) is 120 Å². The Hall–Kier alpha value is -4.97. The minimum Gasteiger partial charge on any atom is -0.480 e. The predicted octanol–water partition coefficient (Wildman–Crippen LogP) is 6.44. The van der Waals surface area contributed by atoms with Gasteiger partial charge in [0.1, 0.15) is 11.5 Å². The molecule has 0 radical (unpaired) electrons. The van der Waals surface area contributed by atoms with Crippen molar-refractivity contribution in [2.24, 2.45) is 5.10 Å². The van der Waals surface area contributed by atoms with E-state index in [1.54, 1.807) is 25.1 Å². The van der Waals surface area contributed by atoms with Crippen molar-refractivity contribution in [2.75, 3.05) is 0 Å². The molecule has 1 unspecified atom stereocenters. The Morgan fingerprint density at radius 2 is 1.42 bits per heavy atom. The van der Waals surface area contributed by atoms with Crippen molar-refractivity contribution in [3.8, 4) is 11.5 Å². The van der Waals surface area contributed by atoms with Gasteiger partial charge in [0, 0.05) is 10.9 Å². The quantitative estimate of drug-likeness (QED) is 0.120. The van der Waals surface area contributed by atoms with Crippen LogP contribution in [0, 0.1) is 6.92 Å². The topological polar surface area (TPSA) is 77.0 Å². The number of esters is 1. The van der Waals surface area contributed by atoms with Gasteiger partial charge in [0.05, 0.1) is 11.8 Å². The van der Waals surface area contributed by atoms with E-state index in [-0.39, 0.29) is 0 Å². The summed E-state index contributed by atoms with van der Waals surface area (Å²) >= 11 is 0. The van der Waals surface area contributed by atoms with Gasteiger partial charge < -0.3 is 9.47 Å². The van der Waals surface area contributed by atoms with Crippen molar-refractivity contribution < 1.29 is 19.1 Å². The second-order valence-corrected chi connectivity index (χ2v) is 8.93. The fraction of sp³-hybridized carbons (Fsp3) is 0.0938. The molecule has 5 aromatic rings. The zero-order valence-electron chi connectivity index (χ0n) is 21.0. The van der Waals surface area contributed by atoms with E-state index in [4.69, 9.17) is 9.47 Å². The lowest BCUT2D eigenvalue weighted by Gasteiger charge is -2.15. The summed E-state index contributed by atoms with van der Waals surface area (Å²) in [6.45, 7) is 3.62. The average Bonchev–Trinajstić information content (AvgIpc) is 2.94. The summed E-state index contributed by atoms with van der Waals surface area (Å²) in [7, 11) is 0. The van der Waals surface area contributed by atoms with Crippen LogP contribution in [0.2, 0.25) is 0 Å². The molecule has 5 rings (SSSR count). The van der Waals surface area contributed by atoms with Gasteiger partial charge in [-0.25, -0.2) is 10.2 Å². The number of nitrogens with one attached hydrogen (secondary N) is 1. The molecule has 188 valence electrons. The van der Waals surface area contributed by atoms with Crippen LogP contribution < -0.4 is 14.9 Å². The minimum absolute atomic E-state index is 0.340. The first-order chi connectivity index (χ1) is 18.5. The number of hydrogen-bond acceptors (Lipinski definition) is 5. The van der Waals surface area contributed by atoms with Crippen molar-refractivity contribution in [1.29, 1.82) is 0 Å². The monoisotopic (exact) mass is 502 g/mol. The van der Waals surface area contributed by atoms with Gasteiger partial charge in [-0.2, -0.15) is 5.10 Å². The van der Waals surface area contributed by atoms with E-state index in [9.17, 15) is 9.59 Å². The van der Waals surface area contributed by atoms with E-state index in [1.807, 2.05) is 91.9 Å². The molecular weight excluding hydrogens is 476 g/mol. The van der Waals surface area contributed by atoms with Crippen LogP contribution in [0.4, 0.5) is 0 Å². The van der Waals surface area contributed by atoms with Crippen molar-refractivity contribution in [3.63, 3.8) is 0 Å². The molecule has 6 heteroatoms. The number of rotatable bonds is 7. The van der Waals surface area contributed by atoms with E-state index in [0.717, 1.165) is 27.1 Å². The van der Waals surface area contributed by atoms with Gasteiger partial charge in [-0.05, 0) is 54.3 Å². The normalized spacial score (nSPS) is 11.9. The van der Waals surface area contributed by atoms with Gasteiger partial charge in [0.2, 0.25) is 0 Å². The predicted molar refractivity (Wildman–Crippen MR) is 150 cm³/mol. The number of benzene rings is 5. The van der Waals surface area contributed by atoms with Crippen LogP contribution >= 0.6 is 0 Å². The van der Waals surface area contributed by atoms with Crippen molar-refractivity contribution >= 4 is 39.6 Å². The lowest BCUT2D eigenvalue weighted by Crippen LogP contribution is -2.33. The maximum absolute atomic E-state index is 12.8. The van der Waals surface area contributed by atoms with Crippen LogP contribution in [0.3, 0.4) is 0 Å². The highest BCUT2D eigenvalue weighted by Crippen LogP contribution is 2.28. The number of ether oxygens (including phenoxy) is 2. The number of aryl methyl sites for hydroxylation is 1. The molecule has 0 aromatic heterocycles. The molecule has 6 nitrogen and oxygen atoms in total. The molecule has 0 saturated carbocycles. The third kappa shape index (κ3) is 5.39. The maximum atomic E-state index is 12.8. The van der Waals surface area contributed by atoms with Crippen LogP contribution in [-0.2, 0) is 4.79 Å². The minimum atomic E-state index is -0.788. The van der Waals surface area contributed by atoms with Crippen LogP contribution in [0.15, 0.2) is 108 Å². The fourth-order valence-corrected chi connectivity index (χ4v) is 4.14. The standard InChI is InChI=1S/C32H26N2O4/c1-21-14-16-25(17-15-21)32(36)38-30-19-18-24-9-3-5-11-26(24)28(30)20-33-34-31(35)22(2)37-29-13-7-10-23-8-4-6-12-27(23)29/h3-20,22H,1-2H3,(H,34,35). The number of amides is 1. The summed E-state index contributed by atoms with van der Waals surface area (Å²) in [6, 6.07) is 32.0. The molecule has 1 N–H and O–H groups in total. The Bertz CT molecular complexity index is 1650. The first-order valence-electron chi connectivity index (χ1n) is 12.3. The van der Waals surface area contributed by atoms with Gasteiger partial charge in [0.15, 0.2) is 6.10 Å².